The Hall–Kier alpha value is -2.33. The summed E-state index contributed by atoms with van der Waals surface area (Å²) in [7, 11) is -0.861. The molecule has 1 unspecified atom stereocenters. The fourth-order valence-electron chi connectivity index (χ4n) is 3.01. The first-order valence-corrected chi connectivity index (χ1v) is 11.2. The fraction of sp³-hybridized carbons (Fsp3) is 0.429. The van der Waals surface area contributed by atoms with E-state index in [-0.39, 0.29) is 16.7 Å². The number of benzene rings is 2. The van der Waals surface area contributed by atoms with Gasteiger partial charge in [-0.15, -0.1) is 0 Å². The molecule has 0 heterocycles. The van der Waals surface area contributed by atoms with Crippen molar-refractivity contribution in [2.45, 2.75) is 24.3 Å². The molecule has 0 aromatic heterocycles. The highest BCUT2D eigenvalue weighted by Crippen LogP contribution is 2.26. The van der Waals surface area contributed by atoms with Crippen molar-refractivity contribution < 1.29 is 27.4 Å². The van der Waals surface area contributed by atoms with Gasteiger partial charge in [-0.05, 0) is 43.2 Å². The summed E-state index contributed by atoms with van der Waals surface area (Å²) >= 11 is 0. The highest BCUT2D eigenvalue weighted by atomic mass is 32.2. The van der Waals surface area contributed by atoms with Gasteiger partial charge in [-0.1, -0.05) is 18.2 Å². The Kier molecular flexibility index (Phi) is 9.38. The van der Waals surface area contributed by atoms with Crippen molar-refractivity contribution in [3.05, 3.63) is 48.0 Å². The molecule has 0 aliphatic heterocycles. The third kappa shape index (κ3) is 7.17. The predicted molar refractivity (Wildman–Crippen MR) is 115 cm³/mol. The van der Waals surface area contributed by atoms with E-state index < -0.39 is 10.0 Å². The molecule has 0 bridgehead atoms. The van der Waals surface area contributed by atoms with Gasteiger partial charge in [0.05, 0.1) is 20.3 Å². The van der Waals surface area contributed by atoms with Gasteiger partial charge in [-0.3, -0.25) is 0 Å². The molecule has 1 atom stereocenters. The minimum absolute atomic E-state index is 0.0328. The zero-order chi connectivity index (χ0) is 22.0. The lowest BCUT2D eigenvalue weighted by atomic mass is 10.1. The number of ether oxygens (including phenoxy) is 4. The largest absolute Gasteiger partial charge is 0.495 e. The van der Waals surface area contributed by atoms with E-state index in [1.165, 1.54) is 13.2 Å². The number of sulfonamides is 1. The van der Waals surface area contributed by atoms with Crippen LogP contribution in [0.3, 0.4) is 0 Å². The molecule has 0 fully saturated rings. The van der Waals surface area contributed by atoms with E-state index in [2.05, 4.69) is 5.32 Å². The van der Waals surface area contributed by atoms with Crippen molar-refractivity contribution in [3.8, 4) is 17.2 Å². The van der Waals surface area contributed by atoms with E-state index in [0.29, 0.717) is 44.3 Å². The molecule has 0 spiro atoms. The molecular formula is C21H30N2O6S. The molecule has 2 aromatic rings. The van der Waals surface area contributed by atoms with Crippen LogP contribution in [0.1, 0.15) is 12.5 Å². The highest BCUT2D eigenvalue weighted by Gasteiger charge is 2.17. The van der Waals surface area contributed by atoms with Crippen LogP contribution in [0.2, 0.25) is 0 Å². The normalized spacial score (nSPS) is 12.4. The SMILES string of the molecule is CCOc1ccccc1OCCNC(COC)Cc1ccc(OC)c(S(N)(=O)=O)c1. The van der Waals surface area contributed by atoms with E-state index in [0.717, 1.165) is 5.56 Å². The summed E-state index contributed by atoms with van der Waals surface area (Å²) in [5.41, 5.74) is 0.803. The molecule has 166 valence electrons. The van der Waals surface area contributed by atoms with Crippen LogP contribution in [0, 0.1) is 0 Å². The van der Waals surface area contributed by atoms with Crippen LogP contribution in [0.4, 0.5) is 0 Å². The number of methoxy groups -OCH3 is 2. The number of nitrogens with two attached hydrogens (primary N) is 1. The summed E-state index contributed by atoms with van der Waals surface area (Å²) < 4.78 is 45.4. The number of rotatable bonds is 13. The van der Waals surface area contributed by atoms with Crippen LogP contribution in [0.5, 0.6) is 17.2 Å². The Morgan fingerprint density at radius 3 is 2.33 bits per heavy atom. The average molecular weight is 439 g/mol. The quantitative estimate of drug-likeness (QED) is 0.460. The summed E-state index contributed by atoms with van der Waals surface area (Å²) in [5, 5.41) is 8.68. The summed E-state index contributed by atoms with van der Waals surface area (Å²) in [6.07, 6.45) is 0.551. The second-order valence-electron chi connectivity index (χ2n) is 6.57. The van der Waals surface area contributed by atoms with Gasteiger partial charge in [0.25, 0.3) is 0 Å². The molecule has 3 N–H and O–H groups in total. The topological polar surface area (TPSA) is 109 Å². The molecule has 0 aliphatic carbocycles. The van der Waals surface area contributed by atoms with E-state index in [4.69, 9.17) is 24.1 Å². The molecule has 0 amide bonds. The molecule has 0 radical (unpaired) electrons. The second-order valence-corrected chi connectivity index (χ2v) is 8.10. The lowest BCUT2D eigenvalue weighted by Gasteiger charge is -2.19. The minimum atomic E-state index is -3.89. The summed E-state index contributed by atoms with van der Waals surface area (Å²) in [6.45, 7) is 3.96. The molecule has 0 saturated carbocycles. The maximum Gasteiger partial charge on any atom is 0.241 e. The number of primary sulfonamides is 1. The van der Waals surface area contributed by atoms with Crippen molar-refractivity contribution in [2.24, 2.45) is 5.14 Å². The fourth-order valence-corrected chi connectivity index (χ4v) is 3.76. The lowest BCUT2D eigenvalue weighted by Crippen LogP contribution is -2.37. The van der Waals surface area contributed by atoms with Gasteiger partial charge in [-0.2, -0.15) is 0 Å². The Labute approximate surface area is 178 Å². The smallest absolute Gasteiger partial charge is 0.241 e. The van der Waals surface area contributed by atoms with Gasteiger partial charge < -0.3 is 24.3 Å². The Bertz CT molecular complexity index is 904. The molecular weight excluding hydrogens is 408 g/mol. The van der Waals surface area contributed by atoms with Crippen molar-refractivity contribution in [1.29, 1.82) is 0 Å². The van der Waals surface area contributed by atoms with Crippen LogP contribution in [-0.4, -0.2) is 55.0 Å². The van der Waals surface area contributed by atoms with Gasteiger partial charge in [0.1, 0.15) is 17.3 Å². The van der Waals surface area contributed by atoms with E-state index in [1.54, 1.807) is 13.2 Å². The zero-order valence-corrected chi connectivity index (χ0v) is 18.4. The summed E-state index contributed by atoms with van der Waals surface area (Å²) in [6, 6.07) is 12.4. The van der Waals surface area contributed by atoms with E-state index in [9.17, 15) is 8.42 Å². The number of hydrogen-bond donors (Lipinski definition) is 2. The maximum absolute atomic E-state index is 11.8. The van der Waals surface area contributed by atoms with Gasteiger partial charge in [0, 0.05) is 19.7 Å². The molecule has 8 nitrogen and oxygen atoms in total. The van der Waals surface area contributed by atoms with Crippen molar-refractivity contribution in [2.75, 3.05) is 40.6 Å². The number of hydrogen-bond acceptors (Lipinski definition) is 7. The van der Waals surface area contributed by atoms with Gasteiger partial charge in [0.15, 0.2) is 11.5 Å². The highest BCUT2D eigenvalue weighted by molar-refractivity contribution is 7.89. The molecule has 30 heavy (non-hydrogen) atoms. The van der Waals surface area contributed by atoms with E-state index >= 15 is 0 Å². The molecule has 0 aliphatic rings. The third-order valence-electron chi connectivity index (χ3n) is 4.33. The molecule has 9 heteroatoms. The van der Waals surface area contributed by atoms with Gasteiger partial charge in [-0.25, -0.2) is 13.6 Å². The van der Waals surface area contributed by atoms with Gasteiger partial charge in [0.2, 0.25) is 10.0 Å². The van der Waals surface area contributed by atoms with Crippen LogP contribution in [-0.2, 0) is 21.2 Å². The zero-order valence-electron chi connectivity index (χ0n) is 17.6. The first-order chi connectivity index (χ1) is 14.4. The monoisotopic (exact) mass is 438 g/mol. The second kappa shape index (κ2) is 11.8. The average Bonchev–Trinajstić information content (AvgIpc) is 2.72. The van der Waals surface area contributed by atoms with Crippen molar-refractivity contribution in [3.63, 3.8) is 0 Å². The Morgan fingerprint density at radius 2 is 1.73 bits per heavy atom. The van der Waals surface area contributed by atoms with Crippen molar-refractivity contribution in [1.82, 2.24) is 5.32 Å². The van der Waals surface area contributed by atoms with Crippen molar-refractivity contribution >= 4 is 10.0 Å². The number of nitrogens with one attached hydrogen (secondary N) is 1. The Morgan fingerprint density at radius 1 is 1.03 bits per heavy atom. The number of para-hydroxylation sites is 2. The first-order valence-electron chi connectivity index (χ1n) is 9.65. The lowest BCUT2D eigenvalue weighted by molar-refractivity contribution is 0.162. The summed E-state index contributed by atoms with van der Waals surface area (Å²) in [4.78, 5) is -0.0328. The minimum Gasteiger partial charge on any atom is -0.495 e. The summed E-state index contributed by atoms with van der Waals surface area (Å²) in [5.74, 6) is 1.62. The first kappa shape index (κ1) is 23.9. The molecule has 2 rings (SSSR count). The maximum atomic E-state index is 11.8. The van der Waals surface area contributed by atoms with Crippen LogP contribution >= 0.6 is 0 Å². The Balaban J connectivity index is 1.97. The predicted octanol–water partition coefficient (Wildman–Crippen LogP) is 1.97. The van der Waals surface area contributed by atoms with Crippen LogP contribution in [0.15, 0.2) is 47.4 Å². The molecule has 2 aromatic carbocycles. The molecule has 0 saturated heterocycles. The van der Waals surface area contributed by atoms with Crippen LogP contribution < -0.4 is 24.7 Å². The standard InChI is InChI=1S/C21H30N2O6S/c1-4-28-18-7-5-6-8-19(18)29-12-11-23-17(15-26-2)13-16-9-10-20(27-3)21(14-16)30(22,24)25/h5-10,14,17,23H,4,11-13,15H2,1-3H3,(H2,22,24,25). The van der Waals surface area contributed by atoms with Crippen LogP contribution in [0.25, 0.3) is 0 Å². The van der Waals surface area contributed by atoms with Gasteiger partial charge >= 0.3 is 0 Å². The van der Waals surface area contributed by atoms with E-state index in [1.807, 2.05) is 37.3 Å². The third-order valence-corrected chi connectivity index (χ3v) is 5.26.